The number of anilines is 1. The maximum absolute atomic E-state index is 13.1. The highest BCUT2D eigenvalue weighted by Gasteiger charge is 2.33. The summed E-state index contributed by atoms with van der Waals surface area (Å²) in [5.41, 5.74) is 1.16. The molecule has 38 heavy (non-hydrogen) atoms. The summed E-state index contributed by atoms with van der Waals surface area (Å²) >= 11 is 6.13. The summed E-state index contributed by atoms with van der Waals surface area (Å²) in [6, 6.07) is 7.65. The maximum Gasteiger partial charge on any atom is 0.410 e. The van der Waals surface area contributed by atoms with Gasteiger partial charge in [0.1, 0.15) is 16.6 Å². The van der Waals surface area contributed by atoms with Crippen LogP contribution in [0.4, 0.5) is 10.6 Å². The largest absolute Gasteiger partial charge is 0.444 e. The van der Waals surface area contributed by atoms with Crippen LogP contribution in [0, 0.1) is 5.92 Å². The second-order valence-electron chi connectivity index (χ2n) is 11.0. The van der Waals surface area contributed by atoms with Crippen molar-refractivity contribution < 1.29 is 14.3 Å². The summed E-state index contributed by atoms with van der Waals surface area (Å²) in [4.78, 5) is 42.7. The Morgan fingerprint density at radius 3 is 2.61 bits per heavy atom. The molecule has 0 spiro atoms. The Labute approximate surface area is 227 Å². The van der Waals surface area contributed by atoms with Crippen LogP contribution in [0.1, 0.15) is 40.0 Å². The van der Waals surface area contributed by atoms with Crippen molar-refractivity contribution in [3.63, 3.8) is 0 Å². The molecular weight excluding hydrogens is 504 g/mol. The van der Waals surface area contributed by atoms with Crippen molar-refractivity contribution in [2.45, 2.75) is 51.7 Å². The highest BCUT2D eigenvalue weighted by atomic mass is 35.5. The van der Waals surface area contributed by atoms with Crippen LogP contribution in [0.25, 0.3) is 22.0 Å². The molecule has 3 aromatic heterocycles. The number of amides is 2. The molecule has 0 aliphatic carbocycles. The number of carbonyl (C=O) groups excluding carboxylic acids is 2. The number of fused-ring (bicyclic) bond motifs is 1. The van der Waals surface area contributed by atoms with Crippen LogP contribution in [0.5, 0.6) is 0 Å². The molecule has 2 fully saturated rings. The van der Waals surface area contributed by atoms with Crippen molar-refractivity contribution in [1.82, 2.24) is 25.2 Å². The van der Waals surface area contributed by atoms with E-state index >= 15 is 0 Å². The molecule has 1 unspecified atom stereocenters. The average Bonchev–Trinajstić information content (AvgIpc) is 3.36. The van der Waals surface area contributed by atoms with Crippen molar-refractivity contribution in [3.8, 4) is 11.3 Å². The van der Waals surface area contributed by atoms with E-state index in [9.17, 15) is 9.59 Å². The van der Waals surface area contributed by atoms with Crippen LogP contribution in [-0.2, 0) is 9.53 Å². The summed E-state index contributed by atoms with van der Waals surface area (Å²) in [5.74, 6) is 0.871. The van der Waals surface area contributed by atoms with Crippen LogP contribution in [0.3, 0.4) is 0 Å². The molecule has 5 rings (SSSR count). The molecular formula is C28H33ClN6O3. The number of aromatic nitrogens is 3. The van der Waals surface area contributed by atoms with Crippen LogP contribution >= 0.6 is 11.6 Å². The summed E-state index contributed by atoms with van der Waals surface area (Å²) < 4.78 is 5.47. The molecule has 2 aliphatic rings. The predicted octanol–water partition coefficient (Wildman–Crippen LogP) is 4.69. The average molecular weight is 537 g/mol. The van der Waals surface area contributed by atoms with Crippen LogP contribution < -0.4 is 10.2 Å². The van der Waals surface area contributed by atoms with E-state index in [1.54, 1.807) is 23.4 Å². The first kappa shape index (κ1) is 26.2. The zero-order chi connectivity index (χ0) is 26.9. The number of nitrogens with one attached hydrogen (secondary N) is 1. The number of likely N-dealkylation sites (tertiary alicyclic amines) is 1. The smallest absolute Gasteiger partial charge is 0.410 e. The lowest BCUT2D eigenvalue weighted by molar-refractivity contribution is -0.126. The van der Waals surface area contributed by atoms with E-state index in [2.05, 4.69) is 20.2 Å². The van der Waals surface area contributed by atoms with E-state index < -0.39 is 5.60 Å². The number of nitrogens with zero attached hydrogens (tertiary/aromatic N) is 5. The monoisotopic (exact) mass is 536 g/mol. The fraction of sp³-hybridized carbons (Fsp3) is 0.464. The van der Waals surface area contributed by atoms with Crippen LogP contribution in [0.15, 0.2) is 42.9 Å². The van der Waals surface area contributed by atoms with Gasteiger partial charge in [-0.05, 0) is 64.3 Å². The van der Waals surface area contributed by atoms with Gasteiger partial charge in [-0.2, -0.15) is 0 Å². The number of pyridine rings is 3. The molecule has 2 saturated heterocycles. The molecule has 0 aromatic carbocycles. The third kappa shape index (κ3) is 5.99. The van der Waals surface area contributed by atoms with Crippen molar-refractivity contribution in [2.24, 2.45) is 5.92 Å². The van der Waals surface area contributed by atoms with Gasteiger partial charge < -0.3 is 19.9 Å². The van der Waals surface area contributed by atoms with Gasteiger partial charge in [0, 0.05) is 73.1 Å². The van der Waals surface area contributed by atoms with Crippen molar-refractivity contribution in [2.75, 3.05) is 31.1 Å². The van der Waals surface area contributed by atoms with Gasteiger partial charge in [-0.25, -0.2) is 14.8 Å². The first-order chi connectivity index (χ1) is 18.2. The van der Waals surface area contributed by atoms with E-state index in [1.165, 1.54) is 0 Å². The third-order valence-electron chi connectivity index (χ3n) is 6.99. The van der Waals surface area contributed by atoms with E-state index in [4.69, 9.17) is 21.3 Å². The molecule has 1 atom stereocenters. The minimum Gasteiger partial charge on any atom is -0.444 e. The van der Waals surface area contributed by atoms with E-state index in [-0.39, 0.29) is 24.0 Å². The van der Waals surface area contributed by atoms with Crippen molar-refractivity contribution >= 4 is 40.2 Å². The van der Waals surface area contributed by atoms with E-state index in [1.807, 2.05) is 45.2 Å². The van der Waals surface area contributed by atoms with Gasteiger partial charge in [0.2, 0.25) is 5.91 Å². The number of ether oxygens (including phenoxy) is 1. The second kappa shape index (κ2) is 10.7. The van der Waals surface area contributed by atoms with Gasteiger partial charge in [0.05, 0.1) is 5.69 Å². The Kier molecular flexibility index (Phi) is 7.38. The number of hydrogen-bond acceptors (Lipinski definition) is 7. The highest BCUT2D eigenvalue weighted by Crippen LogP contribution is 2.32. The van der Waals surface area contributed by atoms with Crippen LogP contribution in [-0.4, -0.2) is 69.7 Å². The topological polar surface area (TPSA) is 101 Å². The number of piperidine rings is 1. The summed E-state index contributed by atoms with van der Waals surface area (Å²) in [7, 11) is 0. The molecule has 2 aliphatic heterocycles. The Morgan fingerprint density at radius 2 is 1.87 bits per heavy atom. The highest BCUT2D eigenvalue weighted by molar-refractivity contribution is 6.29. The lowest BCUT2D eigenvalue weighted by atomic mass is 9.95. The molecule has 5 heterocycles. The Hall–Kier alpha value is -3.46. The minimum absolute atomic E-state index is 0.0463. The first-order valence-corrected chi connectivity index (χ1v) is 13.4. The third-order valence-corrected chi connectivity index (χ3v) is 7.19. The van der Waals surface area contributed by atoms with Gasteiger partial charge >= 0.3 is 6.09 Å². The molecule has 9 nitrogen and oxygen atoms in total. The fourth-order valence-corrected chi connectivity index (χ4v) is 5.25. The Balaban J connectivity index is 1.23. The van der Waals surface area contributed by atoms with Gasteiger partial charge in [-0.1, -0.05) is 11.6 Å². The van der Waals surface area contributed by atoms with Gasteiger partial charge in [0.25, 0.3) is 0 Å². The molecule has 10 heteroatoms. The lowest BCUT2D eigenvalue weighted by Gasteiger charge is -2.33. The second-order valence-corrected chi connectivity index (χ2v) is 11.4. The fourth-order valence-electron chi connectivity index (χ4n) is 5.07. The minimum atomic E-state index is -0.534. The van der Waals surface area contributed by atoms with Crippen molar-refractivity contribution in [1.29, 1.82) is 0 Å². The number of carbonyl (C=O) groups is 2. The number of rotatable bonds is 4. The number of hydrogen-bond donors (Lipinski definition) is 1. The molecule has 0 radical (unpaired) electrons. The molecule has 1 N–H and O–H groups in total. The predicted molar refractivity (Wildman–Crippen MR) is 147 cm³/mol. The molecule has 0 bridgehead atoms. The Morgan fingerprint density at radius 1 is 1.08 bits per heavy atom. The molecule has 2 amide bonds. The zero-order valence-corrected chi connectivity index (χ0v) is 22.7. The maximum atomic E-state index is 13.1. The van der Waals surface area contributed by atoms with Gasteiger partial charge in [0.15, 0.2) is 0 Å². The lowest BCUT2D eigenvalue weighted by Crippen LogP contribution is -2.45. The van der Waals surface area contributed by atoms with Gasteiger partial charge in [-0.3, -0.25) is 9.78 Å². The summed E-state index contributed by atoms with van der Waals surface area (Å²) in [6.45, 7) is 8.07. The molecule has 3 aromatic rings. The van der Waals surface area contributed by atoms with Gasteiger partial charge in [-0.15, -0.1) is 0 Å². The quantitative estimate of drug-likeness (QED) is 0.483. The molecule has 200 valence electrons. The summed E-state index contributed by atoms with van der Waals surface area (Å²) in [5, 5.41) is 5.61. The first-order valence-electron chi connectivity index (χ1n) is 13.1. The van der Waals surface area contributed by atoms with E-state index in [0.29, 0.717) is 18.2 Å². The van der Waals surface area contributed by atoms with Crippen molar-refractivity contribution in [3.05, 3.63) is 48.0 Å². The summed E-state index contributed by atoms with van der Waals surface area (Å²) in [6.07, 6.45) is 7.16. The zero-order valence-electron chi connectivity index (χ0n) is 22.0. The van der Waals surface area contributed by atoms with Crippen LogP contribution in [0.2, 0.25) is 5.15 Å². The molecule has 0 saturated carbocycles. The Bertz CT molecular complexity index is 1340. The van der Waals surface area contributed by atoms with E-state index in [0.717, 1.165) is 60.2 Å². The number of halogens is 1. The SMILES string of the molecule is CC(C)(C)OC(=O)N1CCC(NC(=O)C2CCN(c3nc(-c4ccnc(Cl)c4)cc4cnccc34)CC2)C1. The standard InChI is InChI=1S/C28H33ClN6O3/c1-28(2,3)38-27(37)35-13-8-21(17-35)32-26(36)18-6-11-34(12-7-18)25-22-5-9-30-16-20(22)14-23(33-25)19-4-10-31-24(29)15-19/h4-5,9-10,14-16,18,21H,6-8,11-13,17H2,1-3H3,(H,32,36). The normalized spacial score (nSPS) is 18.6.